The molecule has 0 unspecified atom stereocenters. The van der Waals surface area contributed by atoms with E-state index in [0.29, 0.717) is 18.4 Å². The maximum absolute atomic E-state index is 12.0. The Morgan fingerprint density at radius 3 is 2.55 bits per heavy atom. The van der Waals surface area contributed by atoms with Gasteiger partial charge >= 0.3 is 0 Å². The van der Waals surface area contributed by atoms with Crippen LogP contribution in [0.4, 0.5) is 5.82 Å². The maximum Gasteiger partial charge on any atom is 0.239 e. The fourth-order valence-electron chi connectivity index (χ4n) is 2.37. The first-order valence-corrected chi connectivity index (χ1v) is 7.23. The molecule has 1 aromatic heterocycles. The standard InChI is InChI=1S/C15H24N4O/c1-12(2)19-8-6-18(7-9-19)11-15(20)17-14-5-4-13(3)10-16-14/h4-5,10,12H,6-9,11H2,1-3H3,(H,16,17,20). The first kappa shape index (κ1) is 14.9. The number of carbonyl (C=O) groups is 1. The number of hydrogen-bond donors (Lipinski definition) is 1. The summed E-state index contributed by atoms with van der Waals surface area (Å²) in [4.78, 5) is 20.8. The molecule has 1 saturated heterocycles. The third kappa shape index (κ3) is 4.28. The number of piperazine rings is 1. The average molecular weight is 276 g/mol. The van der Waals surface area contributed by atoms with Gasteiger partial charge in [0, 0.05) is 38.4 Å². The zero-order valence-corrected chi connectivity index (χ0v) is 12.6. The molecular weight excluding hydrogens is 252 g/mol. The lowest BCUT2D eigenvalue weighted by Gasteiger charge is -2.36. The number of aromatic nitrogens is 1. The molecule has 2 rings (SSSR count). The van der Waals surface area contributed by atoms with Crippen LogP contribution in [0.1, 0.15) is 19.4 Å². The summed E-state index contributed by atoms with van der Waals surface area (Å²) >= 11 is 0. The molecule has 1 amide bonds. The molecule has 0 spiro atoms. The largest absolute Gasteiger partial charge is 0.310 e. The number of aryl methyl sites for hydroxylation is 1. The van der Waals surface area contributed by atoms with E-state index in [1.807, 2.05) is 19.1 Å². The number of carbonyl (C=O) groups excluding carboxylic acids is 1. The van der Waals surface area contributed by atoms with Crippen molar-refractivity contribution in [3.63, 3.8) is 0 Å². The van der Waals surface area contributed by atoms with Crippen molar-refractivity contribution in [2.24, 2.45) is 0 Å². The van der Waals surface area contributed by atoms with E-state index >= 15 is 0 Å². The quantitative estimate of drug-likeness (QED) is 0.902. The number of rotatable bonds is 4. The Morgan fingerprint density at radius 1 is 1.30 bits per heavy atom. The van der Waals surface area contributed by atoms with Gasteiger partial charge in [-0.3, -0.25) is 14.6 Å². The molecule has 1 N–H and O–H groups in total. The zero-order chi connectivity index (χ0) is 14.5. The fourth-order valence-corrected chi connectivity index (χ4v) is 2.37. The van der Waals surface area contributed by atoms with Crippen molar-refractivity contribution in [3.8, 4) is 0 Å². The van der Waals surface area contributed by atoms with Crippen LogP contribution in [0.25, 0.3) is 0 Å². The molecule has 1 fully saturated rings. The Hall–Kier alpha value is -1.46. The topological polar surface area (TPSA) is 48.5 Å². The van der Waals surface area contributed by atoms with Crippen LogP contribution in [-0.2, 0) is 4.79 Å². The second-order valence-corrected chi connectivity index (χ2v) is 5.67. The van der Waals surface area contributed by atoms with Crippen molar-refractivity contribution in [3.05, 3.63) is 23.9 Å². The maximum atomic E-state index is 12.0. The second-order valence-electron chi connectivity index (χ2n) is 5.67. The van der Waals surface area contributed by atoms with Crippen LogP contribution in [0.15, 0.2) is 18.3 Å². The Bertz CT molecular complexity index is 436. The highest BCUT2D eigenvalue weighted by atomic mass is 16.2. The van der Waals surface area contributed by atoms with Crippen molar-refractivity contribution in [2.75, 3.05) is 38.0 Å². The molecule has 0 bridgehead atoms. The molecule has 0 atom stereocenters. The number of nitrogens with zero attached hydrogens (tertiary/aromatic N) is 3. The summed E-state index contributed by atoms with van der Waals surface area (Å²) in [6, 6.07) is 4.37. The SMILES string of the molecule is Cc1ccc(NC(=O)CN2CCN(C(C)C)CC2)nc1. The lowest BCUT2D eigenvalue weighted by molar-refractivity contribution is -0.117. The molecule has 2 heterocycles. The van der Waals surface area contributed by atoms with Gasteiger partial charge in [0.25, 0.3) is 0 Å². The molecule has 0 aromatic carbocycles. The molecule has 5 nitrogen and oxygen atoms in total. The molecule has 1 aliphatic heterocycles. The fraction of sp³-hybridized carbons (Fsp3) is 0.600. The van der Waals surface area contributed by atoms with E-state index in [0.717, 1.165) is 31.7 Å². The van der Waals surface area contributed by atoms with Crippen molar-refractivity contribution in [1.82, 2.24) is 14.8 Å². The first-order chi connectivity index (χ1) is 9.54. The second kappa shape index (κ2) is 6.81. The molecule has 20 heavy (non-hydrogen) atoms. The third-order valence-electron chi connectivity index (χ3n) is 3.68. The van der Waals surface area contributed by atoms with Gasteiger partial charge in [-0.25, -0.2) is 4.98 Å². The molecule has 1 aromatic rings. The van der Waals surface area contributed by atoms with Crippen LogP contribution in [0, 0.1) is 6.92 Å². The minimum Gasteiger partial charge on any atom is -0.310 e. The zero-order valence-electron chi connectivity index (χ0n) is 12.6. The summed E-state index contributed by atoms with van der Waals surface area (Å²) in [6.45, 7) is 10.8. The van der Waals surface area contributed by atoms with E-state index in [1.165, 1.54) is 0 Å². The Kier molecular flexibility index (Phi) is 5.09. The van der Waals surface area contributed by atoms with E-state index in [4.69, 9.17) is 0 Å². The average Bonchev–Trinajstić information content (AvgIpc) is 2.42. The van der Waals surface area contributed by atoms with Crippen LogP contribution in [0.3, 0.4) is 0 Å². The summed E-state index contributed by atoms with van der Waals surface area (Å²) in [7, 11) is 0. The summed E-state index contributed by atoms with van der Waals surface area (Å²) in [5, 5.41) is 2.85. The van der Waals surface area contributed by atoms with E-state index in [1.54, 1.807) is 6.20 Å². The van der Waals surface area contributed by atoms with Gasteiger partial charge in [0.15, 0.2) is 0 Å². The van der Waals surface area contributed by atoms with Crippen LogP contribution < -0.4 is 5.32 Å². The number of anilines is 1. The van der Waals surface area contributed by atoms with Gasteiger partial charge in [0.2, 0.25) is 5.91 Å². The van der Waals surface area contributed by atoms with Crippen LogP contribution in [0.5, 0.6) is 0 Å². The molecule has 110 valence electrons. The summed E-state index contributed by atoms with van der Waals surface area (Å²) < 4.78 is 0. The summed E-state index contributed by atoms with van der Waals surface area (Å²) in [5.41, 5.74) is 1.09. The van der Waals surface area contributed by atoms with Crippen molar-refractivity contribution in [1.29, 1.82) is 0 Å². The van der Waals surface area contributed by atoms with E-state index in [-0.39, 0.29) is 5.91 Å². The van der Waals surface area contributed by atoms with Crippen LogP contribution in [0.2, 0.25) is 0 Å². The molecule has 0 radical (unpaired) electrons. The Morgan fingerprint density at radius 2 is 2.00 bits per heavy atom. The van der Waals surface area contributed by atoms with Gasteiger partial charge in [0.1, 0.15) is 5.82 Å². The highest BCUT2D eigenvalue weighted by Crippen LogP contribution is 2.07. The van der Waals surface area contributed by atoms with E-state index in [9.17, 15) is 4.79 Å². The monoisotopic (exact) mass is 276 g/mol. The Labute approximate surface area is 121 Å². The highest BCUT2D eigenvalue weighted by molar-refractivity contribution is 5.91. The van der Waals surface area contributed by atoms with Gasteiger partial charge in [-0.1, -0.05) is 6.07 Å². The van der Waals surface area contributed by atoms with E-state index < -0.39 is 0 Å². The van der Waals surface area contributed by atoms with Gasteiger partial charge < -0.3 is 5.32 Å². The van der Waals surface area contributed by atoms with Gasteiger partial charge in [-0.05, 0) is 32.4 Å². The number of hydrogen-bond acceptors (Lipinski definition) is 4. The molecule has 0 aliphatic carbocycles. The predicted octanol–water partition coefficient (Wildman–Crippen LogP) is 1.35. The number of nitrogens with one attached hydrogen (secondary N) is 1. The first-order valence-electron chi connectivity index (χ1n) is 7.23. The van der Waals surface area contributed by atoms with Gasteiger partial charge in [0.05, 0.1) is 6.54 Å². The smallest absolute Gasteiger partial charge is 0.239 e. The van der Waals surface area contributed by atoms with Crippen molar-refractivity contribution >= 4 is 11.7 Å². The normalized spacial score (nSPS) is 17.4. The summed E-state index contributed by atoms with van der Waals surface area (Å²) in [6.07, 6.45) is 1.76. The number of pyridine rings is 1. The minimum absolute atomic E-state index is 0.0133. The molecule has 1 aliphatic rings. The predicted molar refractivity (Wildman–Crippen MR) is 80.8 cm³/mol. The van der Waals surface area contributed by atoms with Gasteiger partial charge in [-0.2, -0.15) is 0 Å². The van der Waals surface area contributed by atoms with Crippen molar-refractivity contribution < 1.29 is 4.79 Å². The molecule has 0 saturated carbocycles. The van der Waals surface area contributed by atoms with Crippen molar-refractivity contribution in [2.45, 2.75) is 26.8 Å². The molecular formula is C15H24N4O. The third-order valence-corrected chi connectivity index (χ3v) is 3.68. The van der Waals surface area contributed by atoms with Crippen LogP contribution >= 0.6 is 0 Å². The lowest BCUT2D eigenvalue weighted by atomic mass is 10.2. The Balaban J connectivity index is 1.77. The van der Waals surface area contributed by atoms with Crippen LogP contribution in [-0.4, -0.2) is 59.5 Å². The number of amides is 1. The van der Waals surface area contributed by atoms with Gasteiger partial charge in [-0.15, -0.1) is 0 Å². The van der Waals surface area contributed by atoms with E-state index in [2.05, 4.69) is 33.9 Å². The molecule has 5 heteroatoms. The lowest BCUT2D eigenvalue weighted by Crippen LogP contribution is -2.50. The minimum atomic E-state index is 0.0133. The summed E-state index contributed by atoms with van der Waals surface area (Å²) in [5.74, 6) is 0.640. The highest BCUT2D eigenvalue weighted by Gasteiger charge is 2.20.